The van der Waals surface area contributed by atoms with E-state index >= 15 is 0 Å². The second kappa shape index (κ2) is 5.84. The molecule has 0 spiro atoms. The van der Waals surface area contributed by atoms with Crippen molar-refractivity contribution in [2.45, 2.75) is 38.3 Å². The maximum atomic E-state index is 12.6. The summed E-state index contributed by atoms with van der Waals surface area (Å²) in [6, 6.07) is 7.37. The largest absolute Gasteiger partial charge is 0.385 e. The first-order valence-corrected chi connectivity index (χ1v) is 7.46. The zero-order chi connectivity index (χ0) is 14.9. The van der Waals surface area contributed by atoms with Gasteiger partial charge in [0.15, 0.2) is 5.78 Å². The number of Topliss-reactive ketones (excluding diaryl/α,β-unsaturated/α-hetero) is 1. The number of hydrogen-bond donors (Lipinski definition) is 2. The van der Waals surface area contributed by atoms with Crippen molar-refractivity contribution in [1.82, 2.24) is 5.32 Å². The van der Waals surface area contributed by atoms with Crippen LogP contribution in [0.1, 0.15) is 32.3 Å². The molecule has 1 aromatic carbocycles. The number of carbonyl (C=O) groups is 1. The molecule has 0 amide bonds. The van der Waals surface area contributed by atoms with Crippen LogP contribution in [0.4, 0.5) is 0 Å². The molecule has 1 aromatic rings. The molecule has 20 heavy (non-hydrogen) atoms. The quantitative estimate of drug-likeness (QED) is 0.901. The Balaban J connectivity index is 2.51. The van der Waals surface area contributed by atoms with Gasteiger partial charge in [0, 0.05) is 5.02 Å². The van der Waals surface area contributed by atoms with Crippen LogP contribution in [0.25, 0.3) is 0 Å². The standard InChI is InChI=1S/C16H22ClNO2/c1-10(2)11-8-14(19)15(20)16(9-11,18-3)12-6-4-5-7-13(12)17/h4-7,10-11,14,18-19H,8-9H2,1-3H3/t11-,14+,16+/m1/s1. The molecule has 0 aliphatic heterocycles. The Kier molecular flexibility index (Phi) is 4.52. The van der Waals surface area contributed by atoms with Gasteiger partial charge in [-0.25, -0.2) is 0 Å². The van der Waals surface area contributed by atoms with Crippen LogP contribution in [-0.4, -0.2) is 24.0 Å². The van der Waals surface area contributed by atoms with Crippen LogP contribution in [0.3, 0.4) is 0 Å². The number of likely N-dealkylation sites (N-methyl/N-ethyl adjacent to an activating group) is 1. The molecule has 2 N–H and O–H groups in total. The number of benzene rings is 1. The van der Waals surface area contributed by atoms with Gasteiger partial charge >= 0.3 is 0 Å². The van der Waals surface area contributed by atoms with Crippen LogP contribution >= 0.6 is 11.6 Å². The van der Waals surface area contributed by atoms with E-state index in [1.54, 1.807) is 13.1 Å². The van der Waals surface area contributed by atoms with E-state index in [0.29, 0.717) is 23.8 Å². The molecular weight excluding hydrogens is 274 g/mol. The Morgan fingerprint density at radius 1 is 1.40 bits per heavy atom. The minimum absolute atomic E-state index is 0.176. The average Bonchev–Trinajstić information content (AvgIpc) is 2.42. The third kappa shape index (κ3) is 2.50. The molecule has 110 valence electrons. The second-order valence-corrected chi connectivity index (χ2v) is 6.37. The van der Waals surface area contributed by atoms with Gasteiger partial charge in [-0.15, -0.1) is 0 Å². The molecule has 0 unspecified atom stereocenters. The van der Waals surface area contributed by atoms with Gasteiger partial charge in [-0.3, -0.25) is 4.79 Å². The highest BCUT2D eigenvalue weighted by Crippen LogP contribution is 2.42. The highest BCUT2D eigenvalue weighted by molar-refractivity contribution is 6.31. The number of ketones is 1. The number of halogens is 1. The first-order valence-electron chi connectivity index (χ1n) is 7.08. The minimum atomic E-state index is -0.931. The van der Waals surface area contributed by atoms with Gasteiger partial charge in [-0.05, 0) is 43.4 Å². The van der Waals surface area contributed by atoms with E-state index in [9.17, 15) is 9.90 Å². The summed E-state index contributed by atoms with van der Waals surface area (Å²) in [6.45, 7) is 4.25. The van der Waals surface area contributed by atoms with Crippen LogP contribution in [-0.2, 0) is 10.3 Å². The number of aliphatic hydroxyl groups excluding tert-OH is 1. The molecule has 2 rings (SSSR count). The van der Waals surface area contributed by atoms with Crippen molar-refractivity contribution >= 4 is 17.4 Å². The Bertz CT molecular complexity index is 503. The summed E-state index contributed by atoms with van der Waals surface area (Å²) < 4.78 is 0. The maximum absolute atomic E-state index is 12.6. The van der Waals surface area contributed by atoms with Crippen molar-refractivity contribution < 1.29 is 9.90 Å². The molecule has 0 aromatic heterocycles. The van der Waals surface area contributed by atoms with Crippen molar-refractivity contribution in [2.75, 3.05) is 7.05 Å². The van der Waals surface area contributed by atoms with Crippen LogP contribution < -0.4 is 5.32 Å². The summed E-state index contributed by atoms with van der Waals surface area (Å²) in [5, 5.41) is 13.9. The number of carbonyl (C=O) groups excluding carboxylic acids is 1. The van der Waals surface area contributed by atoms with Gasteiger partial charge in [-0.1, -0.05) is 43.6 Å². The lowest BCUT2D eigenvalue weighted by Crippen LogP contribution is -2.57. The summed E-state index contributed by atoms with van der Waals surface area (Å²) in [4.78, 5) is 12.6. The molecule has 1 saturated carbocycles. The van der Waals surface area contributed by atoms with Crippen molar-refractivity contribution in [3.05, 3.63) is 34.9 Å². The van der Waals surface area contributed by atoms with Gasteiger partial charge < -0.3 is 10.4 Å². The topological polar surface area (TPSA) is 49.3 Å². The first-order chi connectivity index (χ1) is 9.42. The monoisotopic (exact) mass is 295 g/mol. The Morgan fingerprint density at radius 3 is 2.60 bits per heavy atom. The fourth-order valence-corrected chi connectivity index (χ4v) is 3.47. The molecule has 0 heterocycles. The molecule has 1 aliphatic carbocycles. The van der Waals surface area contributed by atoms with E-state index in [-0.39, 0.29) is 11.7 Å². The predicted octanol–water partition coefficient (Wildman–Crippen LogP) is 2.75. The third-order valence-electron chi connectivity index (χ3n) is 4.52. The molecule has 0 saturated heterocycles. The van der Waals surface area contributed by atoms with E-state index in [1.165, 1.54) is 0 Å². The van der Waals surface area contributed by atoms with Crippen molar-refractivity contribution in [2.24, 2.45) is 11.8 Å². The molecule has 0 radical (unpaired) electrons. The molecule has 4 heteroatoms. The summed E-state index contributed by atoms with van der Waals surface area (Å²) in [7, 11) is 1.76. The molecule has 3 nitrogen and oxygen atoms in total. The van der Waals surface area contributed by atoms with Gasteiger partial charge in [0.2, 0.25) is 0 Å². The fourth-order valence-electron chi connectivity index (χ4n) is 3.17. The molecular formula is C16H22ClNO2. The van der Waals surface area contributed by atoms with Crippen molar-refractivity contribution in [3.8, 4) is 0 Å². The highest BCUT2D eigenvalue weighted by atomic mass is 35.5. The van der Waals surface area contributed by atoms with Crippen LogP contribution in [0.5, 0.6) is 0 Å². The lowest BCUT2D eigenvalue weighted by atomic mass is 9.67. The number of hydrogen-bond acceptors (Lipinski definition) is 3. The molecule has 1 fully saturated rings. The summed E-state index contributed by atoms with van der Waals surface area (Å²) in [5.74, 6) is 0.518. The SMILES string of the molecule is CN[C@]1(c2ccccc2Cl)C[C@H](C(C)C)C[C@H](O)C1=O. The lowest BCUT2D eigenvalue weighted by Gasteiger charge is -2.43. The van der Waals surface area contributed by atoms with E-state index in [0.717, 1.165) is 5.56 Å². The van der Waals surface area contributed by atoms with Gasteiger partial charge in [-0.2, -0.15) is 0 Å². The lowest BCUT2D eigenvalue weighted by molar-refractivity contribution is -0.140. The Morgan fingerprint density at radius 2 is 2.05 bits per heavy atom. The van der Waals surface area contributed by atoms with Crippen molar-refractivity contribution in [3.63, 3.8) is 0 Å². The van der Waals surface area contributed by atoms with E-state index in [4.69, 9.17) is 11.6 Å². The van der Waals surface area contributed by atoms with E-state index in [2.05, 4.69) is 19.2 Å². The Labute approximate surface area is 125 Å². The summed E-state index contributed by atoms with van der Waals surface area (Å²) in [5.41, 5.74) is -0.121. The molecule has 0 bridgehead atoms. The van der Waals surface area contributed by atoms with Gasteiger partial charge in [0.25, 0.3) is 0 Å². The minimum Gasteiger partial charge on any atom is -0.385 e. The number of rotatable bonds is 3. The van der Waals surface area contributed by atoms with Crippen LogP contribution in [0, 0.1) is 11.8 Å². The third-order valence-corrected chi connectivity index (χ3v) is 4.85. The second-order valence-electron chi connectivity index (χ2n) is 5.96. The highest BCUT2D eigenvalue weighted by Gasteiger charge is 2.49. The normalized spacial score (nSPS) is 30.8. The average molecular weight is 296 g/mol. The summed E-state index contributed by atoms with van der Waals surface area (Å²) >= 11 is 6.29. The first kappa shape index (κ1) is 15.5. The molecule has 1 aliphatic rings. The maximum Gasteiger partial charge on any atom is 0.185 e. The van der Waals surface area contributed by atoms with Crippen LogP contribution in [0.2, 0.25) is 5.02 Å². The number of aliphatic hydroxyl groups is 1. The molecule has 3 atom stereocenters. The van der Waals surface area contributed by atoms with E-state index in [1.807, 2.05) is 18.2 Å². The zero-order valence-corrected chi connectivity index (χ0v) is 12.9. The smallest absolute Gasteiger partial charge is 0.185 e. The van der Waals surface area contributed by atoms with Gasteiger partial charge in [0.1, 0.15) is 11.6 Å². The van der Waals surface area contributed by atoms with Gasteiger partial charge in [0.05, 0.1) is 0 Å². The predicted molar refractivity (Wildman–Crippen MR) is 80.8 cm³/mol. The Hall–Kier alpha value is -0.900. The fraction of sp³-hybridized carbons (Fsp3) is 0.562. The number of nitrogens with one attached hydrogen (secondary N) is 1. The van der Waals surface area contributed by atoms with E-state index < -0.39 is 11.6 Å². The zero-order valence-electron chi connectivity index (χ0n) is 12.2. The van der Waals surface area contributed by atoms with Crippen LogP contribution in [0.15, 0.2) is 24.3 Å². The summed E-state index contributed by atoms with van der Waals surface area (Å²) in [6.07, 6.45) is 0.269. The van der Waals surface area contributed by atoms with Crippen molar-refractivity contribution in [1.29, 1.82) is 0 Å².